The van der Waals surface area contributed by atoms with E-state index >= 15 is 0 Å². The van der Waals surface area contributed by atoms with E-state index in [-0.39, 0.29) is 5.75 Å². The number of phenols is 1. The van der Waals surface area contributed by atoms with Crippen LogP contribution in [-0.4, -0.2) is 11.5 Å². The Hall–Kier alpha value is -1.77. The summed E-state index contributed by atoms with van der Waals surface area (Å²) in [5, 5.41) is 11.6. The Labute approximate surface area is 70.3 Å². The molecule has 0 aliphatic carbocycles. The first kappa shape index (κ1) is 8.33. The molecule has 3 heteroatoms. The van der Waals surface area contributed by atoms with E-state index in [4.69, 9.17) is 0 Å². The fourth-order valence-corrected chi connectivity index (χ4v) is 0.806. The minimum absolute atomic E-state index is 0.196. The first-order valence-corrected chi connectivity index (χ1v) is 3.49. The predicted octanol–water partition coefficient (Wildman–Crippen LogP) is 1.11. The number of benzene rings is 1. The van der Waals surface area contributed by atoms with Crippen LogP contribution >= 0.6 is 0 Å². The second-order valence-corrected chi connectivity index (χ2v) is 2.18. The number of hydrogen-bond donors (Lipinski definition) is 2. The van der Waals surface area contributed by atoms with Gasteiger partial charge in [-0.2, -0.15) is 0 Å². The molecule has 0 saturated heterocycles. The number of hydrogen-bond acceptors (Lipinski definition) is 2. The number of para-hydroxylation sites is 1. The highest BCUT2D eigenvalue weighted by molar-refractivity contribution is 5.59. The van der Waals surface area contributed by atoms with Crippen molar-refractivity contribution in [2.45, 2.75) is 0 Å². The topological polar surface area (TPSA) is 49.3 Å². The molecule has 1 amide bonds. The third-order valence-corrected chi connectivity index (χ3v) is 1.36. The highest BCUT2D eigenvalue weighted by Gasteiger charge is 1.91. The lowest BCUT2D eigenvalue weighted by molar-refractivity contribution is -0.108. The summed E-state index contributed by atoms with van der Waals surface area (Å²) in [6.07, 6.45) is 3.64. The molecule has 12 heavy (non-hydrogen) atoms. The monoisotopic (exact) mass is 163 g/mol. The van der Waals surface area contributed by atoms with Gasteiger partial charge in [0.05, 0.1) is 0 Å². The number of carbonyl (C=O) groups is 1. The van der Waals surface area contributed by atoms with Crippen LogP contribution in [0.15, 0.2) is 30.5 Å². The van der Waals surface area contributed by atoms with E-state index in [9.17, 15) is 9.90 Å². The minimum atomic E-state index is 0.196. The van der Waals surface area contributed by atoms with Crippen LogP contribution < -0.4 is 5.32 Å². The maximum Gasteiger partial charge on any atom is 0.211 e. The van der Waals surface area contributed by atoms with Gasteiger partial charge in [-0.15, -0.1) is 0 Å². The van der Waals surface area contributed by atoms with Crippen molar-refractivity contribution < 1.29 is 9.90 Å². The highest BCUT2D eigenvalue weighted by Crippen LogP contribution is 2.16. The molecule has 3 nitrogen and oxygen atoms in total. The van der Waals surface area contributed by atoms with E-state index in [0.29, 0.717) is 12.0 Å². The largest absolute Gasteiger partial charge is 0.507 e. The van der Waals surface area contributed by atoms with E-state index in [1.807, 2.05) is 0 Å². The van der Waals surface area contributed by atoms with Crippen LogP contribution in [0.3, 0.4) is 0 Å². The molecule has 1 aromatic carbocycles. The third-order valence-electron chi connectivity index (χ3n) is 1.36. The van der Waals surface area contributed by atoms with Crippen LogP contribution in [-0.2, 0) is 4.79 Å². The van der Waals surface area contributed by atoms with Crippen molar-refractivity contribution in [3.63, 3.8) is 0 Å². The Balaban J connectivity index is 2.74. The summed E-state index contributed by atoms with van der Waals surface area (Å²) in [4.78, 5) is 9.86. The summed E-state index contributed by atoms with van der Waals surface area (Å²) in [5.41, 5.74) is 0.673. The van der Waals surface area contributed by atoms with Crippen LogP contribution in [0.1, 0.15) is 5.56 Å². The van der Waals surface area contributed by atoms with Gasteiger partial charge in [-0.3, -0.25) is 4.79 Å². The van der Waals surface area contributed by atoms with Crippen LogP contribution in [0.5, 0.6) is 5.75 Å². The summed E-state index contributed by atoms with van der Waals surface area (Å²) >= 11 is 0. The van der Waals surface area contributed by atoms with Crippen molar-refractivity contribution in [3.05, 3.63) is 36.0 Å². The number of phenolic OH excluding ortho intramolecular Hbond substituents is 1. The van der Waals surface area contributed by atoms with E-state index in [0.717, 1.165) is 0 Å². The van der Waals surface area contributed by atoms with Gasteiger partial charge in [-0.1, -0.05) is 18.2 Å². The summed E-state index contributed by atoms with van der Waals surface area (Å²) in [6, 6.07) is 6.87. The fraction of sp³-hybridized carbons (Fsp3) is 0. The number of rotatable bonds is 3. The summed E-state index contributed by atoms with van der Waals surface area (Å²) in [5.74, 6) is 0.196. The Morgan fingerprint density at radius 2 is 2.08 bits per heavy atom. The van der Waals surface area contributed by atoms with Crippen molar-refractivity contribution in [1.29, 1.82) is 0 Å². The number of amides is 1. The SMILES string of the molecule is O=CN/C=C\c1ccccc1O. The lowest BCUT2D eigenvalue weighted by Crippen LogP contribution is -1.97. The highest BCUT2D eigenvalue weighted by atomic mass is 16.3. The lowest BCUT2D eigenvalue weighted by atomic mass is 10.2. The predicted molar refractivity (Wildman–Crippen MR) is 46.3 cm³/mol. The van der Waals surface area contributed by atoms with Crippen molar-refractivity contribution in [2.75, 3.05) is 0 Å². The van der Waals surface area contributed by atoms with E-state index in [1.54, 1.807) is 30.3 Å². The molecule has 0 bridgehead atoms. The zero-order chi connectivity index (χ0) is 8.81. The number of nitrogens with one attached hydrogen (secondary N) is 1. The molecule has 0 atom stereocenters. The summed E-state index contributed by atoms with van der Waals surface area (Å²) in [6.45, 7) is 0. The van der Waals surface area contributed by atoms with E-state index in [2.05, 4.69) is 5.32 Å². The quantitative estimate of drug-likeness (QED) is 0.656. The van der Waals surface area contributed by atoms with Crippen molar-refractivity contribution in [2.24, 2.45) is 0 Å². The summed E-state index contributed by atoms with van der Waals surface area (Å²) in [7, 11) is 0. The van der Waals surface area contributed by atoms with Gasteiger partial charge in [0.25, 0.3) is 0 Å². The van der Waals surface area contributed by atoms with Crippen LogP contribution in [0.25, 0.3) is 6.08 Å². The summed E-state index contributed by atoms with van der Waals surface area (Å²) < 4.78 is 0. The van der Waals surface area contributed by atoms with Gasteiger partial charge in [-0.25, -0.2) is 0 Å². The lowest BCUT2D eigenvalue weighted by Gasteiger charge is -1.95. The minimum Gasteiger partial charge on any atom is -0.507 e. The zero-order valence-electron chi connectivity index (χ0n) is 6.40. The maximum atomic E-state index is 9.86. The molecule has 0 aliphatic heterocycles. The third kappa shape index (κ3) is 2.12. The molecule has 2 N–H and O–H groups in total. The van der Waals surface area contributed by atoms with Crippen molar-refractivity contribution >= 4 is 12.5 Å². The van der Waals surface area contributed by atoms with Gasteiger partial charge < -0.3 is 10.4 Å². The Morgan fingerprint density at radius 1 is 1.33 bits per heavy atom. The standard InChI is InChI=1S/C9H9NO2/c11-7-10-6-5-8-3-1-2-4-9(8)12/h1-7,12H,(H,10,11)/b6-5-. The Bertz CT molecular complexity index is 294. The van der Waals surface area contributed by atoms with E-state index in [1.165, 1.54) is 6.20 Å². The molecule has 1 aromatic rings. The maximum absolute atomic E-state index is 9.86. The molecular weight excluding hydrogens is 154 g/mol. The van der Waals surface area contributed by atoms with Gasteiger partial charge >= 0.3 is 0 Å². The Morgan fingerprint density at radius 3 is 2.75 bits per heavy atom. The molecule has 0 heterocycles. The first-order chi connectivity index (χ1) is 5.84. The second-order valence-electron chi connectivity index (χ2n) is 2.18. The van der Waals surface area contributed by atoms with Gasteiger partial charge in [0, 0.05) is 11.8 Å². The zero-order valence-corrected chi connectivity index (χ0v) is 6.40. The van der Waals surface area contributed by atoms with Crippen molar-refractivity contribution in [1.82, 2.24) is 5.32 Å². The van der Waals surface area contributed by atoms with Gasteiger partial charge in [-0.05, 0) is 12.1 Å². The van der Waals surface area contributed by atoms with Crippen molar-refractivity contribution in [3.8, 4) is 5.75 Å². The molecule has 0 spiro atoms. The molecule has 1 rings (SSSR count). The van der Waals surface area contributed by atoms with E-state index < -0.39 is 0 Å². The number of aromatic hydroxyl groups is 1. The molecule has 62 valence electrons. The number of carbonyl (C=O) groups excluding carboxylic acids is 1. The first-order valence-electron chi connectivity index (χ1n) is 3.49. The second kappa shape index (κ2) is 4.18. The average Bonchev–Trinajstić information content (AvgIpc) is 2.09. The fourth-order valence-electron chi connectivity index (χ4n) is 0.806. The average molecular weight is 163 g/mol. The molecule has 0 aliphatic rings. The molecule has 0 aromatic heterocycles. The van der Waals surface area contributed by atoms with Gasteiger partial charge in [0.2, 0.25) is 6.41 Å². The van der Waals surface area contributed by atoms with Crippen LogP contribution in [0, 0.1) is 0 Å². The molecule has 0 saturated carbocycles. The van der Waals surface area contributed by atoms with Gasteiger partial charge in [0.15, 0.2) is 0 Å². The van der Waals surface area contributed by atoms with Crippen LogP contribution in [0.2, 0.25) is 0 Å². The Kier molecular flexibility index (Phi) is 2.90. The molecular formula is C9H9NO2. The normalized spacial score (nSPS) is 10.0. The smallest absolute Gasteiger partial charge is 0.211 e. The van der Waals surface area contributed by atoms with Gasteiger partial charge in [0.1, 0.15) is 5.75 Å². The molecule has 0 unspecified atom stereocenters. The molecule has 0 fully saturated rings. The molecule has 0 radical (unpaired) electrons. The van der Waals surface area contributed by atoms with Crippen LogP contribution in [0.4, 0.5) is 0 Å².